The van der Waals surface area contributed by atoms with E-state index >= 15 is 0 Å². The second-order valence-electron chi connectivity index (χ2n) is 9.32. The smallest absolute Gasteiger partial charge is 0.334 e. The molecule has 0 saturated carbocycles. The fourth-order valence-corrected chi connectivity index (χ4v) is 3.65. The van der Waals surface area contributed by atoms with Gasteiger partial charge in [-0.1, -0.05) is 41.9 Å². The Morgan fingerprint density at radius 1 is 1.10 bits per heavy atom. The third-order valence-corrected chi connectivity index (χ3v) is 5.62. The van der Waals surface area contributed by atoms with Gasteiger partial charge in [0.15, 0.2) is 5.78 Å². The molecule has 0 heterocycles. The molecule has 1 aromatic carbocycles. The van der Waals surface area contributed by atoms with Crippen molar-refractivity contribution in [2.75, 3.05) is 7.11 Å². The summed E-state index contributed by atoms with van der Waals surface area (Å²) >= 11 is 3.41. The first-order valence-electron chi connectivity index (χ1n) is 10.1. The van der Waals surface area contributed by atoms with E-state index in [1.54, 1.807) is 41.5 Å². The molecule has 1 rings (SSSR count). The molecule has 1 N–H and O–H groups in total. The molecular weight excluding hydrogens is 448 g/mol. The average molecular weight is 483 g/mol. The number of aliphatic hydroxyl groups is 1. The number of aliphatic hydroxyl groups excluding tert-OH is 1. The number of ketones is 1. The number of Topliss-reactive ketones (excluding diaryl/α,β-unsaturated/α-hetero) is 1. The SMILES string of the molecule is CO/C(=C\C(=O)OC(C)(C)C)C(C)(C)C(=O)[C@H](C)[C@@H](O)[C@H](C)Cc1ccc(Br)cc1. The predicted molar refractivity (Wildman–Crippen MR) is 122 cm³/mol. The maximum absolute atomic E-state index is 13.2. The van der Waals surface area contributed by atoms with Crippen LogP contribution in [0.1, 0.15) is 54.0 Å². The molecule has 0 spiro atoms. The maximum Gasteiger partial charge on any atom is 0.334 e. The summed E-state index contributed by atoms with van der Waals surface area (Å²) in [6.45, 7) is 12.3. The van der Waals surface area contributed by atoms with Crippen LogP contribution in [-0.4, -0.2) is 35.7 Å². The van der Waals surface area contributed by atoms with E-state index in [1.807, 2.05) is 31.2 Å². The lowest BCUT2D eigenvalue weighted by Crippen LogP contribution is -2.40. The van der Waals surface area contributed by atoms with Crippen LogP contribution >= 0.6 is 15.9 Å². The van der Waals surface area contributed by atoms with Crippen LogP contribution in [0.3, 0.4) is 0 Å². The van der Waals surface area contributed by atoms with Crippen molar-refractivity contribution >= 4 is 27.7 Å². The number of hydrogen-bond donors (Lipinski definition) is 1. The highest BCUT2D eigenvalue weighted by Crippen LogP contribution is 2.34. The van der Waals surface area contributed by atoms with Gasteiger partial charge >= 0.3 is 5.97 Å². The Morgan fingerprint density at radius 2 is 1.63 bits per heavy atom. The number of halogens is 1. The number of rotatable bonds is 9. The van der Waals surface area contributed by atoms with Crippen LogP contribution in [0.15, 0.2) is 40.6 Å². The normalized spacial score (nSPS) is 15.9. The predicted octanol–water partition coefficient (Wildman–Crippen LogP) is 5.09. The van der Waals surface area contributed by atoms with E-state index in [0.29, 0.717) is 6.42 Å². The van der Waals surface area contributed by atoms with Crippen molar-refractivity contribution < 1.29 is 24.2 Å². The van der Waals surface area contributed by atoms with Crippen LogP contribution in [0, 0.1) is 17.3 Å². The molecule has 0 aliphatic carbocycles. The third-order valence-electron chi connectivity index (χ3n) is 5.09. The van der Waals surface area contributed by atoms with Crippen molar-refractivity contribution in [2.24, 2.45) is 17.3 Å². The van der Waals surface area contributed by atoms with Crippen molar-refractivity contribution in [3.05, 3.63) is 46.1 Å². The lowest BCUT2D eigenvalue weighted by Gasteiger charge is -2.32. The molecule has 0 amide bonds. The molecule has 1 aromatic rings. The Kier molecular flexibility index (Phi) is 9.30. The number of allylic oxidation sites excluding steroid dienone is 1. The molecule has 3 atom stereocenters. The van der Waals surface area contributed by atoms with Gasteiger partial charge in [-0.2, -0.15) is 0 Å². The summed E-state index contributed by atoms with van der Waals surface area (Å²) in [5.41, 5.74) is -0.651. The van der Waals surface area contributed by atoms with Crippen molar-refractivity contribution in [3.8, 4) is 0 Å². The van der Waals surface area contributed by atoms with Crippen LogP contribution in [-0.2, 0) is 25.5 Å². The highest BCUT2D eigenvalue weighted by atomic mass is 79.9. The first-order valence-corrected chi connectivity index (χ1v) is 10.9. The Bertz CT molecular complexity index is 759. The van der Waals surface area contributed by atoms with Crippen LogP contribution < -0.4 is 0 Å². The lowest BCUT2D eigenvalue weighted by atomic mass is 9.75. The summed E-state index contributed by atoms with van der Waals surface area (Å²) in [6.07, 6.45) is 1.03. The molecule has 0 saturated heterocycles. The van der Waals surface area contributed by atoms with Crippen molar-refractivity contribution in [2.45, 2.75) is 66.6 Å². The number of carbonyl (C=O) groups excluding carboxylic acids is 2. The summed E-state index contributed by atoms with van der Waals surface area (Å²) in [7, 11) is 1.42. The molecule has 0 aliphatic heterocycles. The Hall–Kier alpha value is -1.66. The summed E-state index contributed by atoms with van der Waals surface area (Å²) in [4.78, 5) is 25.4. The number of benzene rings is 1. The van der Waals surface area contributed by atoms with Crippen LogP contribution in [0.25, 0.3) is 0 Å². The summed E-state index contributed by atoms with van der Waals surface area (Å²) in [5.74, 6) is -1.32. The fourth-order valence-electron chi connectivity index (χ4n) is 3.38. The standard InChI is InChI=1S/C24H35BrO5/c1-15(13-17-9-11-18(25)12-10-17)21(27)16(2)22(28)24(6,7)19(29-8)14-20(26)30-23(3,4)5/h9-12,14-16,21,27H,13H2,1-8H3/b19-14-/t15-,16-,21+/m1/s1. The Labute approximate surface area is 189 Å². The second-order valence-corrected chi connectivity index (χ2v) is 10.2. The van der Waals surface area contributed by atoms with Gasteiger partial charge in [-0.15, -0.1) is 0 Å². The van der Waals surface area contributed by atoms with E-state index in [9.17, 15) is 14.7 Å². The molecule has 5 nitrogen and oxygen atoms in total. The van der Waals surface area contributed by atoms with Gasteiger partial charge in [0, 0.05) is 10.4 Å². The Morgan fingerprint density at radius 3 is 2.10 bits per heavy atom. The first kappa shape index (κ1) is 26.4. The van der Waals surface area contributed by atoms with Gasteiger partial charge in [-0.3, -0.25) is 4.79 Å². The minimum atomic E-state index is -1.09. The van der Waals surface area contributed by atoms with Gasteiger partial charge < -0.3 is 14.6 Å². The largest absolute Gasteiger partial charge is 0.500 e. The topological polar surface area (TPSA) is 72.8 Å². The van der Waals surface area contributed by atoms with E-state index in [4.69, 9.17) is 9.47 Å². The zero-order valence-corrected chi connectivity index (χ0v) is 20.9. The zero-order chi connectivity index (χ0) is 23.3. The molecule has 0 bridgehead atoms. The average Bonchev–Trinajstić information content (AvgIpc) is 2.64. The minimum absolute atomic E-state index is 0.123. The number of carbonyl (C=O) groups is 2. The molecule has 0 radical (unpaired) electrons. The zero-order valence-electron chi connectivity index (χ0n) is 19.3. The minimum Gasteiger partial charge on any atom is -0.500 e. The molecule has 0 fully saturated rings. The van der Waals surface area contributed by atoms with Crippen molar-refractivity contribution in [1.82, 2.24) is 0 Å². The highest BCUT2D eigenvalue weighted by Gasteiger charge is 2.40. The van der Waals surface area contributed by atoms with E-state index in [0.717, 1.165) is 10.0 Å². The Balaban J connectivity index is 2.95. The first-order chi connectivity index (χ1) is 13.7. The van der Waals surface area contributed by atoms with Gasteiger partial charge in [-0.25, -0.2) is 4.79 Å². The van der Waals surface area contributed by atoms with Gasteiger partial charge in [-0.05, 0) is 64.7 Å². The van der Waals surface area contributed by atoms with Gasteiger partial charge in [0.2, 0.25) is 0 Å². The summed E-state index contributed by atoms with van der Waals surface area (Å²) in [5, 5.41) is 10.8. The number of hydrogen-bond acceptors (Lipinski definition) is 5. The van der Waals surface area contributed by atoms with Gasteiger partial charge in [0.05, 0.1) is 24.7 Å². The van der Waals surface area contributed by atoms with E-state index in [2.05, 4.69) is 15.9 Å². The van der Waals surface area contributed by atoms with Gasteiger partial charge in [0.1, 0.15) is 11.4 Å². The van der Waals surface area contributed by atoms with Crippen LogP contribution in [0.2, 0.25) is 0 Å². The van der Waals surface area contributed by atoms with E-state index < -0.39 is 29.0 Å². The third kappa shape index (κ3) is 7.55. The lowest BCUT2D eigenvalue weighted by molar-refractivity contribution is -0.148. The van der Waals surface area contributed by atoms with E-state index in [-0.39, 0.29) is 17.5 Å². The second kappa shape index (κ2) is 10.6. The number of esters is 1. The molecule has 30 heavy (non-hydrogen) atoms. The monoisotopic (exact) mass is 482 g/mol. The number of methoxy groups -OCH3 is 1. The van der Waals surface area contributed by atoms with Crippen molar-refractivity contribution in [3.63, 3.8) is 0 Å². The molecule has 0 aromatic heterocycles. The maximum atomic E-state index is 13.2. The molecule has 0 aliphatic rings. The van der Waals surface area contributed by atoms with Crippen molar-refractivity contribution in [1.29, 1.82) is 0 Å². The molecule has 168 valence electrons. The molecular formula is C24H35BrO5. The fraction of sp³-hybridized carbons (Fsp3) is 0.583. The molecule has 0 unspecified atom stereocenters. The summed E-state index contributed by atoms with van der Waals surface area (Å²) < 4.78 is 11.7. The highest BCUT2D eigenvalue weighted by molar-refractivity contribution is 9.10. The quantitative estimate of drug-likeness (QED) is 0.301. The summed E-state index contributed by atoms with van der Waals surface area (Å²) in [6, 6.07) is 7.91. The van der Waals surface area contributed by atoms with E-state index in [1.165, 1.54) is 13.2 Å². The molecule has 6 heteroatoms. The van der Waals surface area contributed by atoms with Gasteiger partial charge in [0.25, 0.3) is 0 Å². The van der Waals surface area contributed by atoms with Crippen LogP contribution in [0.4, 0.5) is 0 Å². The number of ether oxygens (including phenoxy) is 2. The van der Waals surface area contributed by atoms with Crippen LogP contribution in [0.5, 0.6) is 0 Å².